The van der Waals surface area contributed by atoms with Gasteiger partial charge in [0, 0.05) is 32.0 Å². The number of morpholine rings is 1. The van der Waals surface area contributed by atoms with E-state index in [4.69, 9.17) is 4.74 Å². The summed E-state index contributed by atoms with van der Waals surface area (Å²) in [5, 5.41) is 0. The number of piperidine rings is 1. The van der Waals surface area contributed by atoms with Crippen LogP contribution in [0, 0.1) is 5.82 Å². The highest BCUT2D eigenvalue weighted by atomic mass is 19.1. The largest absolute Gasteiger partial charge is 0.363 e. The summed E-state index contributed by atoms with van der Waals surface area (Å²) in [5.74, 6) is 0.397. The molecule has 0 bridgehead atoms. The number of carbonyl (C=O) groups excluding carboxylic acids is 1. The van der Waals surface area contributed by atoms with E-state index in [9.17, 15) is 9.18 Å². The molecule has 0 N–H and O–H groups in total. The van der Waals surface area contributed by atoms with Crippen molar-refractivity contribution in [1.29, 1.82) is 0 Å². The van der Waals surface area contributed by atoms with Crippen molar-refractivity contribution in [2.75, 3.05) is 31.1 Å². The van der Waals surface area contributed by atoms with Gasteiger partial charge in [0.1, 0.15) is 12.4 Å². The molecule has 136 valence electrons. The molecule has 1 amide bonds. The molecule has 0 saturated carbocycles. The first-order chi connectivity index (χ1) is 12.6. The lowest BCUT2D eigenvalue weighted by Crippen LogP contribution is -2.58. The third-order valence-electron chi connectivity index (χ3n) is 5.11. The van der Waals surface area contributed by atoms with Crippen molar-refractivity contribution in [2.45, 2.75) is 25.0 Å². The van der Waals surface area contributed by atoms with Gasteiger partial charge >= 0.3 is 0 Å². The zero-order valence-electron chi connectivity index (χ0n) is 14.5. The van der Waals surface area contributed by atoms with E-state index in [1.807, 2.05) is 6.07 Å². The van der Waals surface area contributed by atoms with Gasteiger partial charge in [0.15, 0.2) is 0 Å². The molecule has 4 rings (SSSR count). The normalized spacial score (nSPS) is 19.8. The van der Waals surface area contributed by atoms with Crippen LogP contribution in [0.25, 0.3) is 0 Å². The molecule has 0 unspecified atom stereocenters. The van der Waals surface area contributed by atoms with E-state index in [0.29, 0.717) is 13.1 Å². The van der Waals surface area contributed by atoms with Crippen LogP contribution in [0.4, 0.5) is 10.3 Å². The van der Waals surface area contributed by atoms with Crippen LogP contribution < -0.4 is 4.90 Å². The topological polar surface area (TPSA) is 58.6 Å². The van der Waals surface area contributed by atoms with Crippen LogP contribution in [0.2, 0.25) is 0 Å². The smallest absolute Gasteiger partial charge is 0.248 e. The lowest BCUT2D eigenvalue weighted by Gasteiger charge is -2.47. The van der Waals surface area contributed by atoms with Crippen molar-refractivity contribution >= 4 is 11.9 Å². The molecule has 2 aliphatic rings. The van der Waals surface area contributed by atoms with Crippen LogP contribution in [-0.2, 0) is 16.1 Å². The number of aromatic nitrogens is 2. The maximum atomic E-state index is 13.4. The number of rotatable bonds is 3. The Morgan fingerprint density at radius 1 is 1.15 bits per heavy atom. The van der Waals surface area contributed by atoms with Gasteiger partial charge in [-0.25, -0.2) is 14.4 Å². The van der Waals surface area contributed by atoms with E-state index in [1.165, 1.54) is 12.1 Å². The highest BCUT2D eigenvalue weighted by Gasteiger charge is 2.42. The summed E-state index contributed by atoms with van der Waals surface area (Å²) >= 11 is 0. The van der Waals surface area contributed by atoms with Crippen LogP contribution in [0.15, 0.2) is 42.7 Å². The van der Waals surface area contributed by atoms with Gasteiger partial charge in [-0.3, -0.25) is 4.79 Å². The molecule has 7 heteroatoms. The fourth-order valence-corrected chi connectivity index (χ4v) is 3.66. The van der Waals surface area contributed by atoms with Crippen molar-refractivity contribution < 1.29 is 13.9 Å². The summed E-state index contributed by atoms with van der Waals surface area (Å²) in [6, 6.07) is 8.20. The minimum absolute atomic E-state index is 0.0475. The maximum Gasteiger partial charge on any atom is 0.248 e. The zero-order chi connectivity index (χ0) is 18.0. The average molecular weight is 356 g/mol. The van der Waals surface area contributed by atoms with E-state index in [-0.39, 0.29) is 23.9 Å². The highest BCUT2D eigenvalue weighted by Crippen LogP contribution is 2.32. The summed E-state index contributed by atoms with van der Waals surface area (Å²) < 4.78 is 19.4. The maximum absolute atomic E-state index is 13.4. The van der Waals surface area contributed by atoms with E-state index in [1.54, 1.807) is 29.4 Å². The Hall–Kier alpha value is -2.54. The molecule has 0 aliphatic carbocycles. The predicted octanol–water partition coefficient (Wildman–Crippen LogP) is 2.01. The van der Waals surface area contributed by atoms with Crippen molar-refractivity contribution in [3.63, 3.8) is 0 Å². The van der Waals surface area contributed by atoms with Crippen LogP contribution >= 0.6 is 0 Å². The van der Waals surface area contributed by atoms with Crippen molar-refractivity contribution in [3.8, 4) is 0 Å². The molecule has 1 aromatic carbocycles. The average Bonchev–Trinajstić information content (AvgIpc) is 2.66. The van der Waals surface area contributed by atoms with Gasteiger partial charge in [0.05, 0.1) is 12.1 Å². The van der Waals surface area contributed by atoms with Crippen molar-refractivity contribution in [2.24, 2.45) is 0 Å². The monoisotopic (exact) mass is 356 g/mol. The lowest BCUT2D eigenvalue weighted by molar-refractivity contribution is -0.168. The zero-order valence-corrected chi connectivity index (χ0v) is 14.5. The molecule has 2 fully saturated rings. The molecule has 2 aromatic rings. The molecule has 1 spiro atoms. The molecule has 2 saturated heterocycles. The fourth-order valence-electron chi connectivity index (χ4n) is 3.66. The van der Waals surface area contributed by atoms with Gasteiger partial charge in [-0.05, 0) is 36.6 Å². The standard InChI is InChI=1S/C19H21FN4O2/c20-16-4-1-3-15(11-16)12-24-14-19(26-13-17(24)25)5-9-23(10-6-19)18-21-7-2-8-22-18/h1-4,7-8,11H,5-6,9-10,12-14H2. The fraction of sp³-hybridized carbons (Fsp3) is 0.421. The first-order valence-corrected chi connectivity index (χ1v) is 8.82. The molecular weight excluding hydrogens is 335 g/mol. The number of amides is 1. The predicted molar refractivity (Wildman–Crippen MR) is 94.0 cm³/mol. The number of ether oxygens (including phenoxy) is 1. The van der Waals surface area contributed by atoms with Gasteiger partial charge in [-0.15, -0.1) is 0 Å². The molecule has 0 radical (unpaired) electrons. The van der Waals surface area contributed by atoms with E-state index in [0.717, 1.165) is 37.4 Å². The van der Waals surface area contributed by atoms with Crippen LogP contribution in [0.5, 0.6) is 0 Å². The Labute approximate surface area is 151 Å². The van der Waals surface area contributed by atoms with Gasteiger partial charge < -0.3 is 14.5 Å². The van der Waals surface area contributed by atoms with Gasteiger partial charge in [-0.2, -0.15) is 0 Å². The second-order valence-electron chi connectivity index (χ2n) is 6.89. The molecule has 0 atom stereocenters. The van der Waals surface area contributed by atoms with Gasteiger partial charge in [0.25, 0.3) is 0 Å². The summed E-state index contributed by atoms with van der Waals surface area (Å²) in [6.07, 6.45) is 5.09. The quantitative estimate of drug-likeness (QED) is 0.842. The van der Waals surface area contributed by atoms with Gasteiger partial charge in [0.2, 0.25) is 11.9 Å². The highest BCUT2D eigenvalue weighted by molar-refractivity contribution is 5.78. The number of hydrogen-bond acceptors (Lipinski definition) is 5. The van der Waals surface area contributed by atoms with Crippen LogP contribution in [0.1, 0.15) is 18.4 Å². The molecule has 3 heterocycles. The summed E-state index contributed by atoms with van der Waals surface area (Å²) in [7, 11) is 0. The first-order valence-electron chi connectivity index (χ1n) is 8.82. The molecule has 1 aromatic heterocycles. The summed E-state index contributed by atoms with van der Waals surface area (Å²) in [4.78, 5) is 24.8. The van der Waals surface area contributed by atoms with Crippen LogP contribution in [-0.4, -0.2) is 52.6 Å². The SMILES string of the molecule is O=C1COC2(CCN(c3ncccn3)CC2)CN1Cc1cccc(F)c1. The Morgan fingerprint density at radius 3 is 2.65 bits per heavy atom. The Kier molecular flexibility index (Phi) is 4.55. The lowest BCUT2D eigenvalue weighted by atomic mass is 9.89. The Balaban J connectivity index is 1.42. The van der Waals surface area contributed by atoms with Crippen molar-refractivity contribution in [1.82, 2.24) is 14.9 Å². The Bertz CT molecular complexity index is 778. The number of hydrogen-bond donors (Lipinski definition) is 0. The minimum atomic E-state index is -0.341. The minimum Gasteiger partial charge on any atom is -0.363 e. The first kappa shape index (κ1) is 16.9. The molecule has 6 nitrogen and oxygen atoms in total. The third kappa shape index (κ3) is 3.53. The van der Waals surface area contributed by atoms with Gasteiger partial charge in [-0.1, -0.05) is 12.1 Å². The number of nitrogens with zero attached hydrogens (tertiary/aromatic N) is 4. The number of anilines is 1. The molecule has 26 heavy (non-hydrogen) atoms. The number of halogens is 1. The summed E-state index contributed by atoms with van der Waals surface area (Å²) in [6.45, 7) is 2.59. The number of carbonyl (C=O) groups is 1. The molecular formula is C19H21FN4O2. The van der Waals surface area contributed by atoms with Crippen LogP contribution in [0.3, 0.4) is 0 Å². The second-order valence-corrected chi connectivity index (χ2v) is 6.89. The number of benzene rings is 1. The van der Waals surface area contributed by atoms with E-state index < -0.39 is 0 Å². The second kappa shape index (κ2) is 6.99. The Morgan fingerprint density at radius 2 is 1.92 bits per heavy atom. The third-order valence-corrected chi connectivity index (χ3v) is 5.11. The molecule has 2 aliphatic heterocycles. The van der Waals surface area contributed by atoms with Crippen molar-refractivity contribution in [3.05, 3.63) is 54.1 Å². The van der Waals surface area contributed by atoms with E-state index >= 15 is 0 Å². The van der Waals surface area contributed by atoms with E-state index in [2.05, 4.69) is 14.9 Å². The summed E-state index contributed by atoms with van der Waals surface area (Å²) in [5.41, 5.74) is 0.456.